The topological polar surface area (TPSA) is 84.5 Å². The van der Waals surface area contributed by atoms with Gasteiger partial charge in [-0.05, 0) is 24.6 Å². The molecule has 21 heavy (non-hydrogen) atoms. The largest absolute Gasteiger partial charge is 0.469 e. The van der Waals surface area contributed by atoms with Crippen molar-refractivity contribution < 1.29 is 17.9 Å². The normalized spacial score (nSPS) is 11.1. The van der Waals surface area contributed by atoms with E-state index in [1.807, 2.05) is 19.1 Å². The van der Waals surface area contributed by atoms with Crippen LogP contribution in [0.5, 0.6) is 0 Å². The maximum absolute atomic E-state index is 12.0. The second-order valence-corrected chi connectivity index (χ2v) is 6.38. The van der Waals surface area contributed by atoms with Crippen LogP contribution in [0.2, 0.25) is 0 Å². The van der Waals surface area contributed by atoms with Crippen LogP contribution in [-0.2, 0) is 26.1 Å². The number of nitrogens with one attached hydrogen (secondary N) is 2. The van der Waals surface area contributed by atoms with Crippen LogP contribution in [-0.4, -0.2) is 33.8 Å². The van der Waals surface area contributed by atoms with Crippen molar-refractivity contribution in [3.05, 3.63) is 29.8 Å². The van der Waals surface area contributed by atoms with Gasteiger partial charge < -0.3 is 10.1 Å². The van der Waals surface area contributed by atoms with Crippen LogP contribution in [0.1, 0.15) is 25.3 Å². The standard InChI is InChI=1S/C14H22N2O4S/c1-3-15-11-12-7-4-5-8-13(12)16-21(18,19)10-6-9-14(17)20-2/h4-5,7-8,15-16H,3,6,9-11H2,1-2H3. The molecule has 118 valence electrons. The zero-order valence-corrected chi connectivity index (χ0v) is 13.2. The average Bonchev–Trinajstić information content (AvgIpc) is 2.45. The zero-order chi connectivity index (χ0) is 15.7. The highest BCUT2D eigenvalue weighted by molar-refractivity contribution is 7.92. The van der Waals surface area contributed by atoms with Gasteiger partial charge in [-0.1, -0.05) is 25.1 Å². The number of esters is 1. The Labute approximate surface area is 125 Å². The fourth-order valence-corrected chi connectivity index (χ4v) is 2.92. The van der Waals surface area contributed by atoms with Crippen molar-refractivity contribution in [2.75, 3.05) is 24.1 Å². The van der Waals surface area contributed by atoms with E-state index in [0.717, 1.165) is 12.1 Å². The molecular weight excluding hydrogens is 292 g/mol. The van der Waals surface area contributed by atoms with Gasteiger partial charge in [0.25, 0.3) is 0 Å². The molecule has 0 aromatic heterocycles. The van der Waals surface area contributed by atoms with Gasteiger partial charge in [0.1, 0.15) is 0 Å². The first kappa shape index (κ1) is 17.5. The SMILES string of the molecule is CCNCc1ccccc1NS(=O)(=O)CCCC(=O)OC. The third-order valence-corrected chi connectivity index (χ3v) is 4.23. The molecule has 0 saturated carbocycles. The highest BCUT2D eigenvalue weighted by Crippen LogP contribution is 2.17. The van der Waals surface area contributed by atoms with Crippen molar-refractivity contribution in [1.82, 2.24) is 5.32 Å². The summed E-state index contributed by atoms with van der Waals surface area (Å²) in [6.07, 6.45) is 0.327. The molecule has 0 aliphatic heterocycles. The first-order chi connectivity index (χ1) is 9.98. The second-order valence-electron chi connectivity index (χ2n) is 4.54. The molecule has 0 radical (unpaired) electrons. The van der Waals surface area contributed by atoms with Crippen LogP contribution >= 0.6 is 0 Å². The van der Waals surface area contributed by atoms with E-state index in [9.17, 15) is 13.2 Å². The number of ether oxygens (including phenoxy) is 1. The average molecular weight is 314 g/mol. The Bertz CT molecular complexity index is 558. The van der Waals surface area contributed by atoms with Gasteiger partial charge >= 0.3 is 5.97 Å². The molecule has 0 atom stereocenters. The highest BCUT2D eigenvalue weighted by Gasteiger charge is 2.13. The fourth-order valence-electron chi connectivity index (χ4n) is 1.76. The van der Waals surface area contributed by atoms with Crippen molar-refractivity contribution in [3.8, 4) is 0 Å². The van der Waals surface area contributed by atoms with Crippen LogP contribution in [0.3, 0.4) is 0 Å². The first-order valence-electron chi connectivity index (χ1n) is 6.84. The predicted molar refractivity (Wildman–Crippen MR) is 82.5 cm³/mol. The third-order valence-electron chi connectivity index (χ3n) is 2.87. The third kappa shape index (κ3) is 6.59. The molecule has 0 heterocycles. The van der Waals surface area contributed by atoms with Crippen LogP contribution in [0, 0.1) is 0 Å². The molecule has 1 aromatic rings. The summed E-state index contributed by atoms with van der Waals surface area (Å²) in [5.74, 6) is -0.518. The molecule has 1 aromatic carbocycles. The number of sulfonamides is 1. The fraction of sp³-hybridized carbons (Fsp3) is 0.500. The van der Waals surface area contributed by atoms with E-state index in [1.165, 1.54) is 7.11 Å². The molecule has 0 amide bonds. The van der Waals surface area contributed by atoms with Gasteiger partial charge in [-0.25, -0.2) is 8.42 Å². The van der Waals surface area contributed by atoms with Crippen molar-refractivity contribution >= 4 is 21.7 Å². The number of hydrogen-bond donors (Lipinski definition) is 2. The summed E-state index contributed by atoms with van der Waals surface area (Å²) in [7, 11) is -2.19. The maximum Gasteiger partial charge on any atom is 0.305 e. The molecule has 6 nitrogen and oxygen atoms in total. The Kier molecular flexibility index (Phi) is 7.18. The quantitative estimate of drug-likeness (QED) is 0.675. The summed E-state index contributed by atoms with van der Waals surface area (Å²) in [4.78, 5) is 11.0. The number of methoxy groups -OCH3 is 1. The molecule has 0 bridgehead atoms. The van der Waals surface area contributed by atoms with E-state index in [2.05, 4.69) is 14.8 Å². The minimum atomic E-state index is -3.47. The van der Waals surface area contributed by atoms with Gasteiger partial charge in [-0.15, -0.1) is 0 Å². The lowest BCUT2D eigenvalue weighted by Gasteiger charge is -2.12. The maximum atomic E-state index is 12.0. The van der Waals surface area contributed by atoms with Gasteiger partial charge in [-0.3, -0.25) is 9.52 Å². The van der Waals surface area contributed by atoms with Crippen molar-refractivity contribution in [2.45, 2.75) is 26.3 Å². The molecule has 2 N–H and O–H groups in total. The summed E-state index contributed by atoms with van der Waals surface area (Å²) in [6, 6.07) is 7.24. The predicted octanol–water partition coefficient (Wildman–Crippen LogP) is 1.49. The molecular formula is C14H22N2O4S. The van der Waals surface area contributed by atoms with Crippen molar-refractivity contribution in [1.29, 1.82) is 0 Å². The van der Waals surface area contributed by atoms with E-state index >= 15 is 0 Å². The van der Waals surface area contributed by atoms with Gasteiger partial charge in [0.15, 0.2) is 0 Å². The summed E-state index contributed by atoms with van der Waals surface area (Å²) < 4.78 is 31.1. The number of rotatable bonds is 9. The lowest BCUT2D eigenvalue weighted by molar-refractivity contribution is -0.140. The summed E-state index contributed by atoms with van der Waals surface area (Å²) in [5, 5.41) is 3.16. The Morgan fingerprint density at radius 3 is 2.67 bits per heavy atom. The smallest absolute Gasteiger partial charge is 0.305 e. The van der Waals surface area contributed by atoms with E-state index in [1.54, 1.807) is 12.1 Å². The van der Waals surface area contributed by atoms with E-state index in [4.69, 9.17) is 0 Å². The van der Waals surface area contributed by atoms with Gasteiger partial charge in [0, 0.05) is 13.0 Å². The molecule has 0 aliphatic rings. The van der Waals surface area contributed by atoms with Crippen LogP contribution in [0.4, 0.5) is 5.69 Å². The summed E-state index contributed by atoms with van der Waals surface area (Å²) >= 11 is 0. The number of carbonyl (C=O) groups is 1. The van der Waals surface area contributed by atoms with Gasteiger partial charge in [-0.2, -0.15) is 0 Å². The molecule has 0 aliphatic carbocycles. The highest BCUT2D eigenvalue weighted by atomic mass is 32.2. The molecule has 0 spiro atoms. The summed E-state index contributed by atoms with van der Waals surface area (Å²) in [6.45, 7) is 3.39. The minimum Gasteiger partial charge on any atom is -0.469 e. The van der Waals surface area contributed by atoms with E-state index < -0.39 is 16.0 Å². The Hall–Kier alpha value is -1.60. The second kappa shape index (κ2) is 8.63. The Morgan fingerprint density at radius 2 is 2.00 bits per heavy atom. The Morgan fingerprint density at radius 1 is 1.29 bits per heavy atom. The number of para-hydroxylation sites is 1. The lowest BCUT2D eigenvalue weighted by atomic mass is 10.2. The van der Waals surface area contributed by atoms with Crippen LogP contribution in [0.25, 0.3) is 0 Å². The monoisotopic (exact) mass is 314 g/mol. The van der Waals surface area contributed by atoms with Gasteiger partial charge in [0.2, 0.25) is 10.0 Å². The van der Waals surface area contributed by atoms with Crippen LogP contribution in [0.15, 0.2) is 24.3 Å². The van der Waals surface area contributed by atoms with E-state index in [-0.39, 0.29) is 18.6 Å². The molecule has 7 heteroatoms. The molecule has 0 unspecified atom stereocenters. The van der Waals surface area contributed by atoms with Gasteiger partial charge in [0.05, 0.1) is 18.6 Å². The zero-order valence-electron chi connectivity index (χ0n) is 12.4. The minimum absolute atomic E-state index is 0.0937. The number of benzene rings is 1. The number of hydrogen-bond acceptors (Lipinski definition) is 5. The molecule has 0 fully saturated rings. The molecule has 0 saturated heterocycles. The first-order valence-corrected chi connectivity index (χ1v) is 8.49. The van der Waals surface area contributed by atoms with Crippen LogP contribution < -0.4 is 10.0 Å². The Balaban J connectivity index is 2.64. The molecule has 1 rings (SSSR count). The number of anilines is 1. The van der Waals surface area contributed by atoms with Crippen molar-refractivity contribution in [3.63, 3.8) is 0 Å². The summed E-state index contributed by atoms with van der Waals surface area (Å²) in [5.41, 5.74) is 1.45. The van der Waals surface area contributed by atoms with Crippen molar-refractivity contribution in [2.24, 2.45) is 0 Å². The van der Waals surface area contributed by atoms with E-state index in [0.29, 0.717) is 12.2 Å². The lowest BCUT2D eigenvalue weighted by Crippen LogP contribution is -2.20. The number of carbonyl (C=O) groups excluding carboxylic acids is 1.